The van der Waals surface area contributed by atoms with Crippen LogP contribution < -0.4 is 10.6 Å². The SMILES string of the molecule is CCOC(=O)NC(=O)/C(C#N)=C\Nc1ccc(Cl)cc1C#N. The lowest BCUT2D eigenvalue weighted by Crippen LogP contribution is -2.32. The fourth-order valence-corrected chi connectivity index (χ4v) is 1.53. The van der Waals surface area contributed by atoms with E-state index in [-0.39, 0.29) is 17.7 Å². The van der Waals surface area contributed by atoms with Gasteiger partial charge >= 0.3 is 6.09 Å². The van der Waals surface area contributed by atoms with Gasteiger partial charge in [-0.25, -0.2) is 4.79 Å². The van der Waals surface area contributed by atoms with E-state index in [0.29, 0.717) is 10.7 Å². The van der Waals surface area contributed by atoms with Crippen LogP contribution in [0.4, 0.5) is 10.5 Å². The molecule has 112 valence electrons. The van der Waals surface area contributed by atoms with Crippen LogP contribution >= 0.6 is 11.6 Å². The number of imide groups is 1. The zero-order valence-corrected chi connectivity index (χ0v) is 12.3. The summed E-state index contributed by atoms with van der Waals surface area (Å²) < 4.78 is 4.53. The van der Waals surface area contributed by atoms with E-state index in [1.54, 1.807) is 19.1 Å². The van der Waals surface area contributed by atoms with Crippen molar-refractivity contribution in [3.63, 3.8) is 0 Å². The molecule has 0 atom stereocenters. The Bertz CT molecular complexity index is 701. The van der Waals surface area contributed by atoms with Crippen molar-refractivity contribution < 1.29 is 14.3 Å². The third-order valence-electron chi connectivity index (χ3n) is 2.33. The number of rotatable bonds is 4. The number of hydrogen-bond acceptors (Lipinski definition) is 6. The molecule has 1 aromatic rings. The highest BCUT2D eigenvalue weighted by atomic mass is 35.5. The number of halogens is 1. The number of carbonyl (C=O) groups is 2. The van der Waals surface area contributed by atoms with Crippen LogP contribution in [0.3, 0.4) is 0 Å². The summed E-state index contributed by atoms with van der Waals surface area (Å²) in [5, 5.41) is 22.8. The molecule has 0 saturated carbocycles. The lowest BCUT2D eigenvalue weighted by molar-refractivity contribution is -0.116. The van der Waals surface area contributed by atoms with E-state index < -0.39 is 12.0 Å². The third kappa shape index (κ3) is 4.82. The highest BCUT2D eigenvalue weighted by molar-refractivity contribution is 6.30. The average molecular weight is 319 g/mol. The Morgan fingerprint density at radius 3 is 2.73 bits per heavy atom. The molecule has 0 saturated heterocycles. The van der Waals surface area contributed by atoms with Gasteiger partial charge in [-0.1, -0.05) is 11.6 Å². The van der Waals surface area contributed by atoms with E-state index in [1.807, 2.05) is 11.4 Å². The third-order valence-corrected chi connectivity index (χ3v) is 2.57. The number of nitrogens with zero attached hydrogens (tertiary/aromatic N) is 2. The van der Waals surface area contributed by atoms with Crippen LogP contribution in [0.25, 0.3) is 0 Å². The van der Waals surface area contributed by atoms with Gasteiger partial charge in [-0.05, 0) is 25.1 Å². The molecule has 0 aliphatic rings. The number of benzene rings is 1. The summed E-state index contributed by atoms with van der Waals surface area (Å²) >= 11 is 5.76. The zero-order valence-electron chi connectivity index (χ0n) is 11.5. The Morgan fingerprint density at radius 1 is 1.41 bits per heavy atom. The highest BCUT2D eigenvalue weighted by Crippen LogP contribution is 2.20. The van der Waals surface area contributed by atoms with Gasteiger partial charge in [0.05, 0.1) is 17.9 Å². The maximum Gasteiger partial charge on any atom is 0.414 e. The van der Waals surface area contributed by atoms with E-state index >= 15 is 0 Å². The Balaban J connectivity index is 2.87. The quantitative estimate of drug-likeness (QED) is 0.650. The second-order valence-corrected chi connectivity index (χ2v) is 4.23. The smallest absolute Gasteiger partial charge is 0.414 e. The van der Waals surface area contributed by atoms with Gasteiger partial charge in [0.15, 0.2) is 0 Å². The number of alkyl carbamates (subject to hydrolysis) is 1. The molecule has 0 radical (unpaired) electrons. The van der Waals surface area contributed by atoms with Gasteiger partial charge in [0.1, 0.15) is 17.7 Å². The van der Waals surface area contributed by atoms with E-state index in [2.05, 4.69) is 10.1 Å². The van der Waals surface area contributed by atoms with Crippen molar-refractivity contribution in [3.8, 4) is 12.1 Å². The molecular formula is C14H11ClN4O3. The number of hydrogen-bond donors (Lipinski definition) is 2. The summed E-state index contributed by atoms with van der Waals surface area (Å²) in [6.07, 6.45) is 0.136. The minimum Gasteiger partial charge on any atom is -0.450 e. The van der Waals surface area contributed by atoms with Gasteiger partial charge in [0, 0.05) is 11.2 Å². The van der Waals surface area contributed by atoms with Crippen molar-refractivity contribution in [2.45, 2.75) is 6.92 Å². The van der Waals surface area contributed by atoms with Crippen LogP contribution in [0.5, 0.6) is 0 Å². The summed E-state index contributed by atoms with van der Waals surface area (Å²) in [4.78, 5) is 22.8. The topological polar surface area (TPSA) is 115 Å². The van der Waals surface area contributed by atoms with Crippen LogP contribution in [0.2, 0.25) is 5.02 Å². The number of nitriles is 2. The summed E-state index contributed by atoms with van der Waals surface area (Å²) in [5.41, 5.74) is 0.252. The minimum atomic E-state index is -0.946. The molecular weight excluding hydrogens is 308 g/mol. The van der Waals surface area contributed by atoms with Gasteiger partial charge in [0.25, 0.3) is 5.91 Å². The molecule has 0 spiro atoms. The predicted octanol–water partition coefficient (Wildman–Crippen LogP) is 2.30. The molecule has 8 heteroatoms. The first-order chi connectivity index (χ1) is 10.5. The molecule has 2 N–H and O–H groups in total. The number of carbonyl (C=O) groups excluding carboxylic acids is 2. The molecule has 0 aromatic heterocycles. The van der Waals surface area contributed by atoms with Gasteiger partial charge in [-0.2, -0.15) is 10.5 Å². The van der Waals surface area contributed by atoms with Gasteiger partial charge < -0.3 is 10.1 Å². The molecule has 0 fully saturated rings. The molecule has 1 aromatic carbocycles. The van der Waals surface area contributed by atoms with Gasteiger partial charge in [-0.15, -0.1) is 0 Å². The average Bonchev–Trinajstić information content (AvgIpc) is 2.49. The first-order valence-electron chi connectivity index (χ1n) is 6.06. The maximum absolute atomic E-state index is 11.7. The molecule has 0 heterocycles. The Kier molecular flexibility index (Phi) is 6.42. The zero-order chi connectivity index (χ0) is 16.5. The summed E-state index contributed by atoms with van der Waals surface area (Å²) in [7, 11) is 0. The normalized spacial score (nSPS) is 10.1. The van der Waals surface area contributed by atoms with Crippen LogP contribution in [0.1, 0.15) is 12.5 Å². The number of anilines is 1. The number of ether oxygens (including phenoxy) is 1. The molecule has 0 aliphatic heterocycles. The van der Waals surface area contributed by atoms with E-state index in [1.165, 1.54) is 12.1 Å². The summed E-state index contributed by atoms with van der Waals surface area (Å²) in [6.45, 7) is 1.68. The van der Waals surface area contributed by atoms with Crippen molar-refractivity contribution in [2.75, 3.05) is 11.9 Å². The first kappa shape index (κ1) is 17.0. The van der Waals surface area contributed by atoms with Crippen molar-refractivity contribution in [3.05, 3.63) is 40.6 Å². The number of amides is 2. The second kappa shape index (κ2) is 8.30. The summed E-state index contributed by atoms with van der Waals surface area (Å²) in [6, 6.07) is 8.06. The van der Waals surface area contributed by atoms with Crippen LogP contribution in [-0.2, 0) is 9.53 Å². The lowest BCUT2D eigenvalue weighted by atomic mass is 10.2. The predicted molar refractivity (Wildman–Crippen MR) is 78.7 cm³/mol. The van der Waals surface area contributed by atoms with Crippen molar-refractivity contribution in [1.82, 2.24) is 5.32 Å². The molecule has 22 heavy (non-hydrogen) atoms. The standard InChI is InChI=1S/C14H11ClN4O3/c1-2-22-14(21)19-13(20)10(7-17)8-18-12-4-3-11(15)5-9(12)6-16/h3-5,8,18H,2H2,1H3,(H,19,20,21)/b10-8-. The fourth-order valence-electron chi connectivity index (χ4n) is 1.36. The fraction of sp³-hybridized carbons (Fsp3) is 0.143. The highest BCUT2D eigenvalue weighted by Gasteiger charge is 2.13. The monoisotopic (exact) mass is 318 g/mol. The van der Waals surface area contributed by atoms with E-state index in [0.717, 1.165) is 6.20 Å². The second-order valence-electron chi connectivity index (χ2n) is 3.79. The summed E-state index contributed by atoms with van der Waals surface area (Å²) in [5.74, 6) is -0.916. The lowest BCUT2D eigenvalue weighted by Gasteiger charge is -2.06. The van der Waals surface area contributed by atoms with Gasteiger partial charge in [0.2, 0.25) is 0 Å². The van der Waals surface area contributed by atoms with Crippen molar-refractivity contribution in [1.29, 1.82) is 10.5 Å². The van der Waals surface area contributed by atoms with Crippen LogP contribution in [0, 0.1) is 22.7 Å². The van der Waals surface area contributed by atoms with E-state index in [9.17, 15) is 9.59 Å². The van der Waals surface area contributed by atoms with E-state index in [4.69, 9.17) is 22.1 Å². The molecule has 0 unspecified atom stereocenters. The Morgan fingerprint density at radius 2 is 2.14 bits per heavy atom. The minimum absolute atomic E-state index is 0.0965. The molecule has 2 amide bonds. The maximum atomic E-state index is 11.7. The van der Waals surface area contributed by atoms with Crippen molar-refractivity contribution in [2.24, 2.45) is 0 Å². The van der Waals surface area contributed by atoms with Crippen LogP contribution in [0.15, 0.2) is 30.0 Å². The largest absolute Gasteiger partial charge is 0.450 e. The van der Waals surface area contributed by atoms with Crippen LogP contribution in [-0.4, -0.2) is 18.6 Å². The van der Waals surface area contributed by atoms with Gasteiger partial charge in [-0.3, -0.25) is 10.1 Å². The molecule has 0 aliphatic carbocycles. The number of nitrogens with one attached hydrogen (secondary N) is 2. The molecule has 0 bridgehead atoms. The first-order valence-corrected chi connectivity index (χ1v) is 6.44. The Hall–Kier alpha value is -3.03. The Labute approximate surface area is 131 Å². The molecule has 7 nitrogen and oxygen atoms in total. The van der Waals surface area contributed by atoms with Crippen molar-refractivity contribution >= 4 is 29.3 Å². The molecule has 1 rings (SSSR count).